The zero-order chi connectivity index (χ0) is 13.7. The highest BCUT2D eigenvalue weighted by Gasteiger charge is 2.06. The van der Waals surface area contributed by atoms with Crippen LogP contribution >= 0.6 is 22.6 Å². The first-order valence-corrected chi connectivity index (χ1v) is 6.82. The Morgan fingerprint density at radius 2 is 2.00 bits per heavy atom. The molecule has 4 heteroatoms. The normalized spacial score (nSPS) is 10.0. The molecule has 0 aliphatic rings. The van der Waals surface area contributed by atoms with Gasteiger partial charge in [-0.25, -0.2) is 0 Å². The van der Waals surface area contributed by atoms with Gasteiger partial charge in [-0.2, -0.15) is 0 Å². The maximum absolute atomic E-state index is 11.0. The molecule has 0 heterocycles. The van der Waals surface area contributed by atoms with E-state index in [9.17, 15) is 4.79 Å². The zero-order valence-corrected chi connectivity index (χ0v) is 12.6. The molecule has 0 unspecified atom stereocenters. The molecule has 98 valence electrons. The molecule has 0 bridgehead atoms. The lowest BCUT2D eigenvalue weighted by Gasteiger charge is -2.10. The van der Waals surface area contributed by atoms with Gasteiger partial charge in [0.2, 0.25) is 0 Å². The van der Waals surface area contributed by atoms with Crippen LogP contribution in [0.2, 0.25) is 0 Å². The maximum atomic E-state index is 11.0. The SMILES string of the molecule is COc1ccc(OCc2ccccc2I)c(C=O)c1. The van der Waals surface area contributed by atoms with Gasteiger partial charge in [0.25, 0.3) is 0 Å². The van der Waals surface area contributed by atoms with E-state index in [1.54, 1.807) is 25.3 Å². The number of carbonyl (C=O) groups excluding carboxylic acids is 1. The summed E-state index contributed by atoms with van der Waals surface area (Å²) in [6.07, 6.45) is 0.772. The minimum Gasteiger partial charge on any atom is -0.497 e. The number of aldehydes is 1. The third kappa shape index (κ3) is 3.47. The molecule has 0 atom stereocenters. The highest BCUT2D eigenvalue weighted by molar-refractivity contribution is 14.1. The van der Waals surface area contributed by atoms with Crippen molar-refractivity contribution in [3.63, 3.8) is 0 Å². The molecule has 0 fully saturated rings. The number of methoxy groups -OCH3 is 1. The molecule has 0 spiro atoms. The van der Waals surface area contributed by atoms with Crippen molar-refractivity contribution in [1.82, 2.24) is 0 Å². The number of hydrogen-bond acceptors (Lipinski definition) is 3. The van der Waals surface area contributed by atoms with Gasteiger partial charge in [-0.15, -0.1) is 0 Å². The number of rotatable bonds is 5. The van der Waals surface area contributed by atoms with Crippen LogP contribution in [0, 0.1) is 3.57 Å². The van der Waals surface area contributed by atoms with Gasteiger partial charge in [0.15, 0.2) is 6.29 Å². The van der Waals surface area contributed by atoms with Crippen LogP contribution < -0.4 is 9.47 Å². The lowest BCUT2D eigenvalue weighted by Crippen LogP contribution is -2.00. The summed E-state index contributed by atoms with van der Waals surface area (Å²) < 4.78 is 11.9. The van der Waals surface area contributed by atoms with Gasteiger partial charge in [-0.05, 0) is 46.9 Å². The Kier molecular flexibility index (Phi) is 4.79. The van der Waals surface area contributed by atoms with Gasteiger partial charge in [0.1, 0.15) is 18.1 Å². The second-order valence-corrected chi connectivity index (χ2v) is 5.06. The van der Waals surface area contributed by atoms with Crippen LogP contribution in [0.5, 0.6) is 11.5 Å². The van der Waals surface area contributed by atoms with Crippen molar-refractivity contribution in [2.45, 2.75) is 6.61 Å². The predicted octanol–water partition coefficient (Wildman–Crippen LogP) is 3.69. The standard InChI is InChI=1S/C15H13IO3/c1-18-13-6-7-15(12(8-13)9-17)19-10-11-4-2-3-5-14(11)16/h2-9H,10H2,1H3. The minimum absolute atomic E-state index is 0.437. The first-order valence-electron chi connectivity index (χ1n) is 5.74. The monoisotopic (exact) mass is 368 g/mol. The van der Waals surface area contributed by atoms with Gasteiger partial charge in [-0.1, -0.05) is 18.2 Å². The van der Waals surface area contributed by atoms with E-state index < -0.39 is 0 Å². The topological polar surface area (TPSA) is 35.5 Å². The summed E-state index contributed by atoms with van der Waals surface area (Å²) in [5.41, 5.74) is 1.58. The average Bonchev–Trinajstić information content (AvgIpc) is 2.46. The Morgan fingerprint density at radius 1 is 1.21 bits per heavy atom. The molecule has 0 saturated heterocycles. The van der Waals surface area contributed by atoms with Crippen LogP contribution in [0.15, 0.2) is 42.5 Å². The fourth-order valence-corrected chi connectivity index (χ4v) is 2.19. The fraction of sp³-hybridized carbons (Fsp3) is 0.133. The highest BCUT2D eigenvalue weighted by atomic mass is 127. The molecule has 0 aliphatic heterocycles. The van der Waals surface area contributed by atoms with E-state index in [-0.39, 0.29) is 0 Å². The van der Waals surface area contributed by atoms with Crippen LogP contribution in [0.3, 0.4) is 0 Å². The molecule has 2 aromatic carbocycles. The first-order chi connectivity index (χ1) is 9.24. The summed E-state index contributed by atoms with van der Waals surface area (Å²) in [5.74, 6) is 1.21. The second kappa shape index (κ2) is 6.56. The molecular weight excluding hydrogens is 355 g/mol. The summed E-state index contributed by atoms with van der Waals surface area (Å²) in [6.45, 7) is 0.437. The van der Waals surface area contributed by atoms with Crippen molar-refractivity contribution in [2.75, 3.05) is 7.11 Å². The number of benzene rings is 2. The van der Waals surface area contributed by atoms with Crippen LogP contribution in [0.1, 0.15) is 15.9 Å². The summed E-state index contributed by atoms with van der Waals surface area (Å²) in [5, 5.41) is 0. The Balaban J connectivity index is 2.15. The largest absolute Gasteiger partial charge is 0.497 e. The Bertz CT molecular complexity index is 581. The maximum Gasteiger partial charge on any atom is 0.153 e. The summed E-state index contributed by atoms with van der Waals surface area (Å²) in [7, 11) is 1.57. The van der Waals surface area contributed by atoms with E-state index in [1.807, 2.05) is 24.3 Å². The van der Waals surface area contributed by atoms with E-state index in [1.165, 1.54) is 0 Å². The van der Waals surface area contributed by atoms with Gasteiger partial charge >= 0.3 is 0 Å². The van der Waals surface area contributed by atoms with Crippen LogP contribution in [-0.2, 0) is 6.61 Å². The molecule has 3 nitrogen and oxygen atoms in total. The van der Waals surface area contributed by atoms with Crippen molar-refractivity contribution in [3.05, 3.63) is 57.2 Å². The third-order valence-corrected chi connectivity index (χ3v) is 3.74. The summed E-state index contributed by atoms with van der Waals surface area (Å²) in [4.78, 5) is 11.0. The van der Waals surface area contributed by atoms with E-state index >= 15 is 0 Å². The molecule has 0 N–H and O–H groups in total. The molecule has 0 aliphatic carbocycles. The van der Waals surface area contributed by atoms with Gasteiger partial charge in [0, 0.05) is 9.13 Å². The van der Waals surface area contributed by atoms with E-state index in [0.717, 1.165) is 15.4 Å². The molecule has 0 amide bonds. The van der Waals surface area contributed by atoms with Crippen molar-refractivity contribution in [3.8, 4) is 11.5 Å². The zero-order valence-electron chi connectivity index (χ0n) is 10.4. The van der Waals surface area contributed by atoms with Crippen molar-refractivity contribution in [2.24, 2.45) is 0 Å². The number of hydrogen-bond donors (Lipinski definition) is 0. The summed E-state index contributed by atoms with van der Waals surface area (Å²) in [6, 6.07) is 13.2. The number of ether oxygens (including phenoxy) is 2. The average molecular weight is 368 g/mol. The van der Waals surface area contributed by atoms with Crippen LogP contribution in [0.4, 0.5) is 0 Å². The van der Waals surface area contributed by atoms with Gasteiger partial charge in [0.05, 0.1) is 12.7 Å². The quantitative estimate of drug-likeness (QED) is 0.597. The lowest BCUT2D eigenvalue weighted by molar-refractivity contribution is 0.111. The number of carbonyl (C=O) groups is 1. The molecule has 2 rings (SSSR count). The van der Waals surface area contributed by atoms with E-state index in [2.05, 4.69) is 22.6 Å². The smallest absolute Gasteiger partial charge is 0.153 e. The molecular formula is C15H13IO3. The van der Waals surface area contributed by atoms with Gasteiger partial charge in [-0.3, -0.25) is 4.79 Å². The molecule has 0 aromatic heterocycles. The van der Waals surface area contributed by atoms with Crippen molar-refractivity contribution < 1.29 is 14.3 Å². The molecule has 0 saturated carbocycles. The van der Waals surface area contributed by atoms with Crippen molar-refractivity contribution >= 4 is 28.9 Å². The predicted molar refractivity (Wildman–Crippen MR) is 81.9 cm³/mol. The minimum atomic E-state index is 0.437. The van der Waals surface area contributed by atoms with E-state index in [0.29, 0.717) is 23.7 Å². The molecule has 0 radical (unpaired) electrons. The second-order valence-electron chi connectivity index (χ2n) is 3.90. The summed E-state index contributed by atoms with van der Waals surface area (Å²) >= 11 is 2.26. The Labute approximate surface area is 125 Å². The Hall–Kier alpha value is -1.56. The molecule has 2 aromatic rings. The Morgan fingerprint density at radius 3 is 2.68 bits per heavy atom. The third-order valence-electron chi connectivity index (χ3n) is 2.68. The first kappa shape index (κ1) is 13.9. The lowest BCUT2D eigenvalue weighted by atomic mass is 10.2. The fourth-order valence-electron chi connectivity index (χ4n) is 1.65. The highest BCUT2D eigenvalue weighted by Crippen LogP contribution is 2.24. The van der Waals surface area contributed by atoms with E-state index in [4.69, 9.17) is 9.47 Å². The number of halogens is 1. The van der Waals surface area contributed by atoms with Crippen molar-refractivity contribution in [1.29, 1.82) is 0 Å². The molecule has 19 heavy (non-hydrogen) atoms. The van der Waals surface area contributed by atoms with Crippen LogP contribution in [-0.4, -0.2) is 13.4 Å². The van der Waals surface area contributed by atoms with Crippen LogP contribution in [0.25, 0.3) is 0 Å². The van der Waals surface area contributed by atoms with Gasteiger partial charge < -0.3 is 9.47 Å².